The van der Waals surface area contributed by atoms with Crippen molar-refractivity contribution in [3.63, 3.8) is 0 Å². The highest BCUT2D eigenvalue weighted by Crippen LogP contribution is 2.47. The van der Waals surface area contributed by atoms with Crippen LogP contribution >= 0.6 is 11.8 Å². The van der Waals surface area contributed by atoms with Crippen LogP contribution in [0.4, 0.5) is 13.2 Å². The van der Waals surface area contributed by atoms with E-state index >= 15 is 0 Å². The number of β-amino-alcohol motifs (C(OH)–C–C–N with tert-alkyl or cyclic N) is 1. The molecule has 1 N–H and O–H groups in total. The summed E-state index contributed by atoms with van der Waals surface area (Å²) in [5.41, 5.74) is 1.96. The van der Waals surface area contributed by atoms with Crippen molar-refractivity contribution in [1.29, 1.82) is 0 Å². The Balaban J connectivity index is 0.00000272. The van der Waals surface area contributed by atoms with Gasteiger partial charge >= 0.3 is 6.18 Å². The average Bonchev–Trinajstić information content (AvgIpc) is 2.73. The first-order valence-corrected chi connectivity index (χ1v) is 11.0. The molecular formula is C23H25ClF3N2OS-. The molecule has 0 amide bonds. The molecular weight excluding hydrogens is 445 g/mol. The van der Waals surface area contributed by atoms with E-state index in [0.29, 0.717) is 12.1 Å². The Labute approximate surface area is 191 Å². The van der Waals surface area contributed by atoms with Gasteiger partial charge in [0.2, 0.25) is 0 Å². The van der Waals surface area contributed by atoms with Gasteiger partial charge in [0.05, 0.1) is 12.2 Å². The predicted octanol–water partition coefficient (Wildman–Crippen LogP) is 1.61. The summed E-state index contributed by atoms with van der Waals surface area (Å²) >= 11 is 1.53. The highest BCUT2D eigenvalue weighted by molar-refractivity contribution is 7.99. The molecule has 0 aromatic heterocycles. The SMILES string of the molecule is OCCN1CCN(CC/C=C2/c3ccccc3Sc3ccc(C(F)(F)F)cc32)CC1.[Cl-]. The zero-order chi connectivity index (χ0) is 21.1. The number of alkyl halides is 3. The number of aliphatic hydroxyl groups excluding tert-OH is 1. The molecule has 2 heterocycles. The normalized spacial score (nSPS) is 18.4. The molecule has 2 aliphatic heterocycles. The van der Waals surface area contributed by atoms with Gasteiger partial charge < -0.3 is 22.4 Å². The fraction of sp³-hybridized carbons (Fsp3) is 0.391. The Morgan fingerprint density at radius 3 is 2.23 bits per heavy atom. The summed E-state index contributed by atoms with van der Waals surface area (Å²) in [6.45, 7) is 5.55. The highest BCUT2D eigenvalue weighted by atomic mass is 35.5. The maximum absolute atomic E-state index is 13.3. The molecule has 4 rings (SSSR count). The molecule has 8 heteroatoms. The molecule has 3 nitrogen and oxygen atoms in total. The van der Waals surface area contributed by atoms with Crippen molar-refractivity contribution in [3.8, 4) is 0 Å². The Morgan fingerprint density at radius 1 is 0.903 bits per heavy atom. The van der Waals surface area contributed by atoms with E-state index < -0.39 is 11.7 Å². The topological polar surface area (TPSA) is 26.7 Å². The van der Waals surface area contributed by atoms with Gasteiger partial charge in [-0.05, 0) is 47.4 Å². The van der Waals surface area contributed by atoms with E-state index in [4.69, 9.17) is 5.11 Å². The number of aliphatic hydroxyl groups is 1. The van der Waals surface area contributed by atoms with Crippen LogP contribution < -0.4 is 12.4 Å². The minimum Gasteiger partial charge on any atom is -1.00 e. The minimum atomic E-state index is -4.35. The highest BCUT2D eigenvalue weighted by Gasteiger charge is 2.32. The lowest BCUT2D eigenvalue weighted by atomic mass is 9.94. The predicted molar refractivity (Wildman–Crippen MR) is 114 cm³/mol. The average molecular weight is 470 g/mol. The number of fused-ring (bicyclic) bond motifs is 2. The van der Waals surface area contributed by atoms with Gasteiger partial charge in [-0.25, -0.2) is 0 Å². The maximum Gasteiger partial charge on any atom is 0.416 e. The summed E-state index contributed by atoms with van der Waals surface area (Å²) in [5, 5.41) is 9.06. The van der Waals surface area contributed by atoms with Gasteiger partial charge in [0.15, 0.2) is 0 Å². The van der Waals surface area contributed by atoms with Crippen LogP contribution in [0.2, 0.25) is 0 Å². The van der Waals surface area contributed by atoms with E-state index in [2.05, 4.69) is 15.9 Å². The Kier molecular flexibility index (Phi) is 8.10. The van der Waals surface area contributed by atoms with E-state index in [9.17, 15) is 13.2 Å². The van der Waals surface area contributed by atoms with Crippen molar-refractivity contribution in [2.75, 3.05) is 45.9 Å². The lowest BCUT2D eigenvalue weighted by Crippen LogP contribution is -3.00. The summed E-state index contributed by atoms with van der Waals surface area (Å²) in [5.74, 6) is 0. The lowest BCUT2D eigenvalue weighted by Gasteiger charge is -2.34. The molecule has 2 aromatic rings. The Hall–Kier alpha value is -1.51. The van der Waals surface area contributed by atoms with Crippen molar-refractivity contribution in [2.45, 2.75) is 22.4 Å². The van der Waals surface area contributed by atoms with Crippen LogP contribution in [-0.4, -0.2) is 60.8 Å². The third-order valence-corrected chi connectivity index (χ3v) is 6.82. The second-order valence-electron chi connectivity index (χ2n) is 7.62. The standard InChI is InChI=1S/C23H25F3N2OS.ClH/c24-23(25,26)17-7-8-22-20(16-17)18(19-4-1-2-6-21(19)30-22)5-3-9-27-10-12-28(13-11-27)14-15-29;/h1-2,4-8,16,29H,3,9-15H2;1H/p-1/b18-5-;. The first kappa shape index (κ1) is 24.1. The first-order chi connectivity index (χ1) is 14.5. The van der Waals surface area contributed by atoms with Crippen LogP contribution in [0.1, 0.15) is 23.1 Å². The van der Waals surface area contributed by atoms with Crippen LogP contribution in [0.5, 0.6) is 0 Å². The number of rotatable bonds is 5. The molecule has 0 atom stereocenters. The van der Waals surface area contributed by atoms with Crippen LogP contribution in [0, 0.1) is 0 Å². The molecule has 2 aromatic carbocycles. The van der Waals surface area contributed by atoms with Crippen molar-refractivity contribution in [1.82, 2.24) is 9.80 Å². The van der Waals surface area contributed by atoms with Crippen molar-refractivity contribution in [2.24, 2.45) is 0 Å². The maximum atomic E-state index is 13.3. The smallest absolute Gasteiger partial charge is 0.416 e. The van der Waals surface area contributed by atoms with Gasteiger partial charge in [-0.2, -0.15) is 13.2 Å². The number of hydrogen-bond donors (Lipinski definition) is 1. The monoisotopic (exact) mass is 469 g/mol. The van der Waals surface area contributed by atoms with Gasteiger partial charge in [0.25, 0.3) is 0 Å². The summed E-state index contributed by atoms with van der Waals surface area (Å²) in [4.78, 5) is 6.57. The fourth-order valence-corrected chi connectivity index (χ4v) is 5.12. The third-order valence-electron chi connectivity index (χ3n) is 5.67. The minimum absolute atomic E-state index is 0. The second kappa shape index (κ2) is 10.4. The van der Waals surface area contributed by atoms with Gasteiger partial charge in [-0.1, -0.05) is 36.0 Å². The van der Waals surface area contributed by atoms with Crippen molar-refractivity contribution < 1.29 is 30.7 Å². The second-order valence-corrected chi connectivity index (χ2v) is 8.70. The summed E-state index contributed by atoms with van der Waals surface area (Å²) in [6, 6.07) is 12.0. The van der Waals surface area contributed by atoms with Crippen LogP contribution in [0.3, 0.4) is 0 Å². The van der Waals surface area contributed by atoms with Gasteiger partial charge in [-0.3, -0.25) is 4.90 Å². The number of hydrogen-bond acceptors (Lipinski definition) is 4. The summed E-state index contributed by atoms with van der Waals surface area (Å²) in [7, 11) is 0. The van der Waals surface area contributed by atoms with E-state index in [-0.39, 0.29) is 19.0 Å². The molecule has 31 heavy (non-hydrogen) atoms. The Bertz CT molecular complexity index is 927. The van der Waals surface area contributed by atoms with Gasteiger partial charge in [0.1, 0.15) is 0 Å². The number of benzene rings is 2. The molecule has 1 saturated heterocycles. The molecule has 0 aliphatic carbocycles. The van der Waals surface area contributed by atoms with Crippen molar-refractivity contribution >= 4 is 17.3 Å². The number of halogens is 4. The molecule has 2 aliphatic rings. The van der Waals surface area contributed by atoms with Gasteiger partial charge in [0, 0.05) is 49.1 Å². The van der Waals surface area contributed by atoms with Crippen LogP contribution in [0.25, 0.3) is 5.57 Å². The van der Waals surface area contributed by atoms with E-state index in [1.54, 1.807) is 6.07 Å². The van der Waals surface area contributed by atoms with E-state index in [1.807, 2.05) is 24.3 Å². The Morgan fingerprint density at radius 2 is 1.55 bits per heavy atom. The number of piperazine rings is 1. The molecule has 0 saturated carbocycles. The largest absolute Gasteiger partial charge is 1.00 e. The fourth-order valence-electron chi connectivity index (χ4n) is 4.04. The van der Waals surface area contributed by atoms with Crippen molar-refractivity contribution in [3.05, 3.63) is 65.2 Å². The summed E-state index contributed by atoms with van der Waals surface area (Å²) in [6.07, 6.45) is -1.47. The lowest BCUT2D eigenvalue weighted by molar-refractivity contribution is -0.137. The molecule has 0 bridgehead atoms. The van der Waals surface area contributed by atoms with Crippen LogP contribution in [-0.2, 0) is 6.18 Å². The zero-order valence-corrected chi connectivity index (χ0v) is 18.6. The molecule has 1 fully saturated rings. The molecule has 168 valence electrons. The van der Waals surface area contributed by atoms with E-state index in [0.717, 1.165) is 60.1 Å². The zero-order valence-electron chi connectivity index (χ0n) is 17.0. The summed E-state index contributed by atoms with van der Waals surface area (Å²) < 4.78 is 39.9. The molecule has 0 spiro atoms. The molecule has 0 radical (unpaired) electrons. The third kappa shape index (κ3) is 5.65. The van der Waals surface area contributed by atoms with Gasteiger partial charge in [-0.15, -0.1) is 0 Å². The first-order valence-electron chi connectivity index (χ1n) is 10.2. The number of nitrogens with zero attached hydrogens (tertiary/aromatic N) is 2. The molecule has 0 unspecified atom stereocenters. The quantitative estimate of drug-likeness (QED) is 0.614. The van der Waals surface area contributed by atoms with Crippen LogP contribution in [0.15, 0.2) is 58.3 Å². The van der Waals surface area contributed by atoms with E-state index in [1.165, 1.54) is 23.9 Å².